The van der Waals surface area contributed by atoms with Crippen molar-refractivity contribution in [3.8, 4) is 5.75 Å². The lowest BCUT2D eigenvalue weighted by atomic mass is 10.0. The van der Waals surface area contributed by atoms with Crippen LogP contribution < -0.4 is 10.1 Å². The summed E-state index contributed by atoms with van der Waals surface area (Å²) in [5.74, 6) is -2.57. The number of methoxy groups -OCH3 is 1. The molecule has 1 aliphatic carbocycles. The number of benzene rings is 1. The second kappa shape index (κ2) is 8.96. The Morgan fingerprint density at radius 1 is 1.26 bits per heavy atom. The normalized spacial score (nSPS) is 26.5. The van der Waals surface area contributed by atoms with E-state index in [1.807, 2.05) is 0 Å². The molecule has 1 saturated carbocycles. The van der Waals surface area contributed by atoms with Gasteiger partial charge in [0.15, 0.2) is 17.2 Å². The Morgan fingerprint density at radius 2 is 2.06 bits per heavy atom. The van der Waals surface area contributed by atoms with Crippen molar-refractivity contribution < 1.29 is 32.9 Å². The number of rotatable bonds is 5. The molecule has 1 aromatic carbocycles. The number of H-pyrrole nitrogens is 1. The number of aliphatic hydroxyl groups is 2. The van der Waals surface area contributed by atoms with E-state index >= 15 is 0 Å². The summed E-state index contributed by atoms with van der Waals surface area (Å²) in [6.45, 7) is -0.310. The summed E-state index contributed by atoms with van der Waals surface area (Å²) in [6.07, 6.45) is -1.43. The minimum Gasteiger partial charge on any atom is -0.493 e. The van der Waals surface area contributed by atoms with Crippen molar-refractivity contribution >= 4 is 22.8 Å². The molecule has 3 heterocycles. The molecule has 5 rings (SSSR count). The number of alkyl halides is 1. The molecule has 35 heavy (non-hydrogen) atoms. The minimum atomic E-state index is -1.43. The van der Waals surface area contributed by atoms with Gasteiger partial charge in [-0.25, -0.2) is 23.1 Å². The van der Waals surface area contributed by atoms with Crippen LogP contribution in [0.3, 0.4) is 0 Å². The van der Waals surface area contributed by atoms with E-state index < -0.39 is 48.0 Å². The molecule has 0 spiro atoms. The van der Waals surface area contributed by atoms with E-state index in [9.17, 15) is 28.2 Å². The monoisotopic (exact) mass is 492 g/mol. The predicted octanol–water partition coefficient (Wildman–Crippen LogP) is 1.86. The quantitative estimate of drug-likeness (QED) is 0.424. The summed E-state index contributed by atoms with van der Waals surface area (Å²) in [4.78, 5) is 23.0. The fourth-order valence-electron chi connectivity index (χ4n) is 4.90. The second-order valence-corrected chi connectivity index (χ2v) is 8.72. The summed E-state index contributed by atoms with van der Waals surface area (Å²) < 4.78 is 48.0. The van der Waals surface area contributed by atoms with Gasteiger partial charge in [0.1, 0.15) is 29.8 Å². The molecule has 1 aliphatic heterocycles. The van der Waals surface area contributed by atoms with Crippen LogP contribution in [-0.4, -0.2) is 79.3 Å². The van der Waals surface area contributed by atoms with Crippen molar-refractivity contribution in [2.45, 2.75) is 49.7 Å². The molecule has 4 N–H and O–H groups in total. The molecular formula is C22H23F3N6O4. The van der Waals surface area contributed by atoms with Gasteiger partial charge in [-0.2, -0.15) is 5.10 Å². The van der Waals surface area contributed by atoms with Crippen LogP contribution in [0.2, 0.25) is 0 Å². The zero-order valence-electron chi connectivity index (χ0n) is 18.6. The highest BCUT2D eigenvalue weighted by Gasteiger charge is 2.41. The van der Waals surface area contributed by atoms with Gasteiger partial charge in [-0.3, -0.25) is 9.89 Å². The Labute approximate surface area is 197 Å². The van der Waals surface area contributed by atoms with Gasteiger partial charge < -0.3 is 25.2 Å². The number of carbonyl (C=O) groups excluding carboxylic acids is 1. The van der Waals surface area contributed by atoms with Gasteiger partial charge in [0.05, 0.1) is 43.3 Å². The summed E-state index contributed by atoms with van der Waals surface area (Å²) in [5, 5.41) is 30.0. The Bertz CT molecular complexity index is 1270. The maximum absolute atomic E-state index is 14.6. The zero-order valence-corrected chi connectivity index (χ0v) is 18.6. The molecule has 0 radical (unpaired) electrons. The number of halogens is 3. The third-order valence-corrected chi connectivity index (χ3v) is 6.58. The number of anilines is 1. The molecule has 186 valence electrons. The maximum atomic E-state index is 14.6. The number of hydrogen-bond donors (Lipinski definition) is 4. The number of nitrogens with one attached hydrogen (secondary N) is 2. The molecule has 3 aromatic rings. The fourth-order valence-corrected chi connectivity index (χ4v) is 4.90. The summed E-state index contributed by atoms with van der Waals surface area (Å²) in [5.41, 5.74) is 0.117. The highest BCUT2D eigenvalue weighted by molar-refractivity contribution is 6.08. The summed E-state index contributed by atoms with van der Waals surface area (Å²) in [7, 11) is 1.21. The minimum absolute atomic E-state index is 0.0139. The van der Waals surface area contributed by atoms with Gasteiger partial charge in [0, 0.05) is 18.1 Å². The Hall–Kier alpha value is -3.45. The van der Waals surface area contributed by atoms with Gasteiger partial charge in [-0.1, -0.05) is 0 Å². The van der Waals surface area contributed by atoms with Crippen LogP contribution in [0.1, 0.15) is 41.4 Å². The van der Waals surface area contributed by atoms with Crippen LogP contribution in [0.4, 0.5) is 19.0 Å². The van der Waals surface area contributed by atoms with E-state index in [2.05, 4.69) is 25.5 Å². The van der Waals surface area contributed by atoms with Crippen molar-refractivity contribution in [2.24, 2.45) is 0 Å². The standard InChI is InChI=1S/C22H23F3N6O4/c1-35-19-11(4-9(23)5-12(19)25)14-6-10(24)7-31(14)22(34)17-16-20(26-8-27-21(16)30-29-17)28-13-2-3-15(32)18(13)33/h4-5,8,10,13-15,18,32-33H,2-3,6-7H2,1H3,(H2,26,27,28,29,30)/t10-,13+,14+,15+,18-/m0/s1. The van der Waals surface area contributed by atoms with E-state index in [0.717, 1.165) is 6.07 Å². The first kappa shape index (κ1) is 23.3. The van der Waals surface area contributed by atoms with Crippen LogP contribution in [-0.2, 0) is 0 Å². The van der Waals surface area contributed by atoms with Gasteiger partial charge in [0.2, 0.25) is 0 Å². The highest BCUT2D eigenvalue weighted by atomic mass is 19.1. The maximum Gasteiger partial charge on any atom is 0.273 e. The number of fused-ring (bicyclic) bond motifs is 1. The first-order valence-corrected chi connectivity index (χ1v) is 11.1. The molecule has 0 bridgehead atoms. The number of aromatic nitrogens is 4. The molecule has 2 aromatic heterocycles. The average molecular weight is 492 g/mol. The molecule has 1 saturated heterocycles. The molecule has 2 aliphatic rings. The molecule has 5 atom stereocenters. The largest absolute Gasteiger partial charge is 0.493 e. The predicted molar refractivity (Wildman–Crippen MR) is 117 cm³/mol. The lowest BCUT2D eigenvalue weighted by Gasteiger charge is -2.26. The highest BCUT2D eigenvalue weighted by Crippen LogP contribution is 2.41. The van der Waals surface area contributed by atoms with E-state index in [0.29, 0.717) is 18.9 Å². The number of aliphatic hydroxyl groups excluding tert-OH is 2. The van der Waals surface area contributed by atoms with Gasteiger partial charge in [-0.05, 0) is 18.9 Å². The summed E-state index contributed by atoms with van der Waals surface area (Å²) >= 11 is 0. The number of amides is 1. The van der Waals surface area contributed by atoms with Crippen LogP contribution >= 0.6 is 0 Å². The number of likely N-dealkylation sites (tertiary alicyclic amines) is 1. The van der Waals surface area contributed by atoms with E-state index in [-0.39, 0.29) is 46.8 Å². The third-order valence-electron chi connectivity index (χ3n) is 6.58. The summed E-state index contributed by atoms with van der Waals surface area (Å²) in [6, 6.07) is 0.167. The molecule has 2 fully saturated rings. The van der Waals surface area contributed by atoms with E-state index in [1.165, 1.54) is 18.3 Å². The Morgan fingerprint density at radius 3 is 2.77 bits per heavy atom. The topological polar surface area (TPSA) is 136 Å². The molecule has 1 amide bonds. The van der Waals surface area contributed by atoms with Crippen molar-refractivity contribution in [3.05, 3.63) is 41.4 Å². The van der Waals surface area contributed by atoms with E-state index in [4.69, 9.17) is 4.74 Å². The van der Waals surface area contributed by atoms with Crippen LogP contribution in [0.15, 0.2) is 18.5 Å². The number of hydrogen-bond acceptors (Lipinski definition) is 8. The van der Waals surface area contributed by atoms with Crippen LogP contribution in [0.25, 0.3) is 11.0 Å². The van der Waals surface area contributed by atoms with E-state index in [1.54, 1.807) is 0 Å². The molecular weight excluding hydrogens is 469 g/mol. The van der Waals surface area contributed by atoms with Crippen molar-refractivity contribution in [2.75, 3.05) is 19.0 Å². The second-order valence-electron chi connectivity index (χ2n) is 8.72. The van der Waals surface area contributed by atoms with Crippen molar-refractivity contribution in [1.29, 1.82) is 0 Å². The Balaban J connectivity index is 1.53. The molecule has 0 unspecified atom stereocenters. The van der Waals surface area contributed by atoms with Crippen molar-refractivity contribution in [3.63, 3.8) is 0 Å². The number of aromatic amines is 1. The Kier molecular flexibility index (Phi) is 5.97. The fraction of sp³-hybridized carbons (Fsp3) is 0.455. The number of nitrogens with zero attached hydrogens (tertiary/aromatic N) is 4. The van der Waals surface area contributed by atoms with Gasteiger partial charge in [0.25, 0.3) is 5.91 Å². The van der Waals surface area contributed by atoms with Crippen molar-refractivity contribution in [1.82, 2.24) is 25.1 Å². The number of carbonyl (C=O) groups is 1. The van der Waals surface area contributed by atoms with Crippen LogP contribution in [0.5, 0.6) is 5.75 Å². The van der Waals surface area contributed by atoms with Crippen LogP contribution in [0, 0.1) is 11.6 Å². The SMILES string of the molecule is COc1c(F)cc(F)cc1[C@H]1C[C@H](F)CN1C(=O)c1[nH]nc2ncnc(N[C@@H]3CC[C@@H](O)[C@H]3O)c12. The molecule has 10 nitrogen and oxygen atoms in total. The molecule has 13 heteroatoms. The first-order valence-electron chi connectivity index (χ1n) is 11.1. The lowest BCUT2D eigenvalue weighted by Crippen LogP contribution is -2.35. The number of ether oxygens (including phenoxy) is 1. The van der Waals surface area contributed by atoms with Gasteiger partial charge >= 0.3 is 0 Å². The zero-order chi connectivity index (χ0) is 24.9. The average Bonchev–Trinajstić information content (AvgIpc) is 3.52. The first-order chi connectivity index (χ1) is 16.8. The smallest absolute Gasteiger partial charge is 0.273 e. The lowest BCUT2D eigenvalue weighted by molar-refractivity contribution is 0.0392. The van der Waals surface area contributed by atoms with Gasteiger partial charge in [-0.15, -0.1) is 0 Å². The third kappa shape index (κ3) is 4.04.